The van der Waals surface area contributed by atoms with Crippen LogP contribution in [0.25, 0.3) is 0 Å². The second kappa shape index (κ2) is 8.44. The van der Waals surface area contributed by atoms with E-state index in [9.17, 15) is 0 Å². The Morgan fingerprint density at radius 1 is 1.05 bits per heavy atom. The molecule has 120 valence electrons. The molecule has 0 amide bonds. The molecular weight excluding hydrogens is 240 g/mol. The third-order valence-electron chi connectivity index (χ3n) is 5.97. The van der Waals surface area contributed by atoms with E-state index in [1.54, 1.807) is 0 Å². The minimum absolute atomic E-state index is 0.560. The Labute approximate surface area is 129 Å². The second-order valence-electron chi connectivity index (χ2n) is 8.25. The molecule has 0 radical (unpaired) electrons. The van der Waals surface area contributed by atoms with Crippen molar-refractivity contribution in [2.75, 3.05) is 0 Å². The zero-order valence-electron chi connectivity index (χ0n) is 15.2. The van der Waals surface area contributed by atoms with Gasteiger partial charge >= 0.3 is 0 Å². The number of hydrogen-bond acceptors (Lipinski definition) is 0. The van der Waals surface area contributed by atoms with E-state index in [1.165, 1.54) is 57.8 Å². The van der Waals surface area contributed by atoms with Crippen molar-refractivity contribution < 1.29 is 0 Å². The fourth-order valence-corrected chi connectivity index (χ4v) is 5.31. The van der Waals surface area contributed by atoms with Gasteiger partial charge in [-0.05, 0) is 41.9 Å². The maximum Gasteiger partial charge on any atom is -0.0308 e. The molecule has 0 heteroatoms. The SMILES string of the molecule is CCCCCC1CC(CC)CC(C)(C)C1C(C)CCC. The Morgan fingerprint density at radius 3 is 2.30 bits per heavy atom. The zero-order chi connectivity index (χ0) is 15.2. The van der Waals surface area contributed by atoms with E-state index >= 15 is 0 Å². The molecule has 1 aliphatic carbocycles. The molecule has 1 fully saturated rings. The Hall–Kier alpha value is 0. The molecule has 0 aromatic heterocycles. The van der Waals surface area contributed by atoms with E-state index in [-0.39, 0.29) is 0 Å². The molecule has 1 saturated carbocycles. The molecule has 0 N–H and O–H groups in total. The lowest BCUT2D eigenvalue weighted by Crippen LogP contribution is -2.42. The van der Waals surface area contributed by atoms with Crippen LogP contribution in [0.15, 0.2) is 0 Å². The Balaban J connectivity index is 2.79. The van der Waals surface area contributed by atoms with E-state index < -0.39 is 0 Å². The minimum atomic E-state index is 0.560. The average Bonchev–Trinajstić information content (AvgIpc) is 2.37. The Bertz CT molecular complexity index is 253. The fourth-order valence-electron chi connectivity index (χ4n) is 5.31. The molecule has 20 heavy (non-hydrogen) atoms. The first kappa shape index (κ1) is 18.1. The molecular formula is C20H40. The van der Waals surface area contributed by atoms with Gasteiger partial charge in [-0.3, -0.25) is 0 Å². The number of unbranched alkanes of at least 4 members (excludes halogenated alkanes) is 2. The van der Waals surface area contributed by atoms with E-state index in [0.29, 0.717) is 5.41 Å². The summed E-state index contributed by atoms with van der Waals surface area (Å²) in [7, 11) is 0. The number of rotatable bonds is 8. The molecule has 1 rings (SSSR count). The van der Waals surface area contributed by atoms with Gasteiger partial charge in [-0.1, -0.05) is 86.5 Å². The highest BCUT2D eigenvalue weighted by molar-refractivity contribution is 4.93. The van der Waals surface area contributed by atoms with Gasteiger partial charge in [-0.25, -0.2) is 0 Å². The van der Waals surface area contributed by atoms with Gasteiger partial charge in [0.25, 0.3) is 0 Å². The van der Waals surface area contributed by atoms with Gasteiger partial charge in [-0.2, -0.15) is 0 Å². The Morgan fingerprint density at radius 2 is 1.75 bits per heavy atom. The van der Waals surface area contributed by atoms with Gasteiger partial charge in [-0.15, -0.1) is 0 Å². The topological polar surface area (TPSA) is 0 Å². The molecule has 4 unspecified atom stereocenters. The van der Waals surface area contributed by atoms with Crippen molar-refractivity contribution in [1.29, 1.82) is 0 Å². The van der Waals surface area contributed by atoms with Crippen molar-refractivity contribution in [2.24, 2.45) is 29.1 Å². The summed E-state index contributed by atoms with van der Waals surface area (Å²) >= 11 is 0. The molecule has 4 atom stereocenters. The summed E-state index contributed by atoms with van der Waals surface area (Å²) in [6, 6.07) is 0. The molecule has 0 spiro atoms. The number of hydrogen-bond donors (Lipinski definition) is 0. The summed E-state index contributed by atoms with van der Waals surface area (Å²) in [6.07, 6.45) is 12.9. The summed E-state index contributed by atoms with van der Waals surface area (Å²) in [5, 5.41) is 0. The minimum Gasteiger partial charge on any atom is -0.0654 e. The predicted octanol–water partition coefficient (Wildman–Crippen LogP) is 7.08. The lowest BCUT2D eigenvalue weighted by molar-refractivity contribution is -0.00758. The van der Waals surface area contributed by atoms with Crippen LogP contribution in [0, 0.1) is 29.1 Å². The second-order valence-corrected chi connectivity index (χ2v) is 8.25. The summed E-state index contributed by atoms with van der Waals surface area (Å²) < 4.78 is 0. The van der Waals surface area contributed by atoms with Crippen molar-refractivity contribution in [2.45, 2.75) is 99.3 Å². The van der Waals surface area contributed by atoms with Crippen molar-refractivity contribution in [3.05, 3.63) is 0 Å². The van der Waals surface area contributed by atoms with Gasteiger partial charge < -0.3 is 0 Å². The highest BCUT2D eigenvalue weighted by atomic mass is 14.5. The summed E-state index contributed by atoms with van der Waals surface area (Å²) in [4.78, 5) is 0. The lowest BCUT2D eigenvalue weighted by atomic mass is 9.55. The van der Waals surface area contributed by atoms with Crippen LogP contribution in [0.2, 0.25) is 0 Å². The largest absolute Gasteiger partial charge is 0.0654 e. The predicted molar refractivity (Wildman–Crippen MR) is 92.0 cm³/mol. The van der Waals surface area contributed by atoms with Crippen LogP contribution in [-0.2, 0) is 0 Å². The summed E-state index contributed by atoms with van der Waals surface area (Å²) in [5.41, 5.74) is 0.560. The molecule has 0 aromatic rings. The molecule has 0 saturated heterocycles. The van der Waals surface area contributed by atoms with Gasteiger partial charge in [0.2, 0.25) is 0 Å². The average molecular weight is 281 g/mol. The Kier molecular flexibility index (Phi) is 7.62. The summed E-state index contributed by atoms with van der Waals surface area (Å²) in [6.45, 7) is 14.8. The van der Waals surface area contributed by atoms with Crippen LogP contribution in [0.4, 0.5) is 0 Å². The molecule has 0 nitrogen and oxygen atoms in total. The fraction of sp³-hybridized carbons (Fsp3) is 1.00. The van der Waals surface area contributed by atoms with Crippen LogP contribution in [0.5, 0.6) is 0 Å². The third kappa shape index (κ3) is 4.78. The first-order valence-corrected chi connectivity index (χ1v) is 9.46. The van der Waals surface area contributed by atoms with Gasteiger partial charge in [0.05, 0.1) is 0 Å². The van der Waals surface area contributed by atoms with Crippen LogP contribution in [-0.4, -0.2) is 0 Å². The first-order chi connectivity index (χ1) is 9.46. The van der Waals surface area contributed by atoms with E-state index in [2.05, 4.69) is 41.5 Å². The van der Waals surface area contributed by atoms with E-state index in [0.717, 1.165) is 23.7 Å². The van der Waals surface area contributed by atoms with Crippen molar-refractivity contribution >= 4 is 0 Å². The smallest absolute Gasteiger partial charge is 0.0308 e. The van der Waals surface area contributed by atoms with Crippen LogP contribution in [0.1, 0.15) is 99.3 Å². The highest BCUT2D eigenvalue weighted by Crippen LogP contribution is 2.52. The standard InChI is InChI=1S/C20H40/c1-7-10-11-13-18-14-17(9-3)15-20(5,6)19(18)16(4)12-8-2/h16-19H,7-15H2,1-6H3. The molecule has 0 aromatic carbocycles. The van der Waals surface area contributed by atoms with Gasteiger partial charge in [0.15, 0.2) is 0 Å². The van der Waals surface area contributed by atoms with Crippen LogP contribution < -0.4 is 0 Å². The third-order valence-corrected chi connectivity index (χ3v) is 5.97. The van der Waals surface area contributed by atoms with Crippen molar-refractivity contribution in [1.82, 2.24) is 0 Å². The first-order valence-electron chi connectivity index (χ1n) is 9.46. The zero-order valence-corrected chi connectivity index (χ0v) is 15.2. The van der Waals surface area contributed by atoms with Crippen LogP contribution >= 0.6 is 0 Å². The monoisotopic (exact) mass is 280 g/mol. The van der Waals surface area contributed by atoms with Crippen molar-refractivity contribution in [3.63, 3.8) is 0 Å². The lowest BCUT2D eigenvalue weighted by Gasteiger charge is -2.50. The van der Waals surface area contributed by atoms with Gasteiger partial charge in [0, 0.05) is 0 Å². The maximum absolute atomic E-state index is 2.57. The van der Waals surface area contributed by atoms with E-state index in [4.69, 9.17) is 0 Å². The van der Waals surface area contributed by atoms with Crippen molar-refractivity contribution in [3.8, 4) is 0 Å². The quantitative estimate of drug-likeness (QED) is 0.417. The van der Waals surface area contributed by atoms with Gasteiger partial charge in [0.1, 0.15) is 0 Å². The van der Waals surface area contributed by atoms with E-state index in [1.807, 2.05) is 0 Å². The molecule has 0 bridgehead atoms. The normalized spacial score (nSPS) is 31.2. The molecule has 0 aliphatic heterocycles. The summed E-state index contributed by atoms with van der Waals surface area (Å²) in [5.74, 6) is 3.86. The van der Waals surface area contributed by atoms with Crippen LogP contribution in [0.3, 0.4) is 0 Å². The maximum atomic E-state index is 2.57. The highest BCUT2D eigenvalue weighted by Gasteiger charge is 2.43. The molecule has 0 heterocycles. The molecule has 1 aliphatic rings.